The summed E-state index contributed by atoms with van der Waals surface area (Å²) in [6.07, 6.45) is 6.39. The van der Waals surface area contributed by atoms with E-state index < -0.39 is 11.8 Å². The number of halogens is 2. The van der Waals surface area contributed by atoms with Crippen LogP contribution in [0.4, 0.5) is 4.39 Å². The Morgan fingerprint density at radius 1 is 1.07 bits per heavy atom. The predicted molar refractivity (Wildman–Crippen MR) is 151 cm³/mol. The molecule has 1 N–H and O–H groups in total. The van der Waals surface area contributed by atoms with Crippen LogP contribution in [0.3, 0.4) is 0 Å². The molecule has 1 fully saturated rings. The van der Waals surface area contributed by atoms with Crippen molar-refractivity contribution in [3.63, 3.8) is 0 Å². The van der Waals surface area contributed by atoms with Crippen molar-refractivity contribution in [3.8, 4) is 11.5 Å². The number of hydrogen-bond donors (Lipinski definition) is 1. The third-order valence-electron chi connectivity index (χ3n) is 7.11. The van der Waals surface area contributed by atoms with Crippen molar-refractivity contribution in [1.82, 2.24) is 24.4 Å². The quantitative estimate of drug-likeness (QED) is 0.222. The molecule has 42 heavy (non-hydrogen) atoms. The number of likely N-dealkylation sites (tertiary alicyclic amines) is 1. The summed E-state index contributed by atoms with van der Waals surface area (Å²) in [6, 6.07) is 12.8. The predicted octanol–water partition coefficient (Wildman–Crippen LogP) is 5.58. The molecule has 12 heteroatoms. The number of carboxylic acids is 1. The Morgan fingerprint density at radius 3 is 2.69 bits per heavy atom. The van der Waals surface area contributed by atoms with Gasteiger partial charge in [-0.1, -0.05) is 11.6 Å². The molecular formula is C30H27ClFN5O5. The molecule has 1 aliphatic heterocycles. The molecule has 0 amide bonds. The number of hydrogen-bond acceptors (Lipinski definition) is 8. The van der Waals surface area contributed by atoms with Gasteiger partial charge in [0, 0.05) is 30.4 Å². The van der Waals surface area contributed by atoms with Crippen LogP contribution in [0.15, 0.2) is 71.6 Å². The molecule has 5 aromatic rings. The van der Waals surface area contributed by atoms with Gasteiger partial charge in [0.15, 0.2) is 11.6 Å². The summed E-state index contributed by atoms with van der Waals surface area (Å²) in [5.74, 6) is 0.593. The Labute approximate surface area is 245 Å². The third-order valence-corrected chi connectivity index (χ3v) is 7.35. The van der Waals surface area contributed by atoms with Gasteiger partial charge in [-0.3, -0.25) is 9.88 Å². The Kier molecular flexibility index (Phi) is 8.02. The summed E-state index contributed by atoms with van der Waals surface area (Å²) in [5.41, 5.74) is 2.26. The average Bonchev–Trinajstić information content (AvgIpc) is 3.62. The first-order chi connectivity index (χ1) is 20.4. The number of nitrogens with zero attached hydrogens (tertiary/aromatic N) is 5. The summed E-state index contributed by atoms with van der Waals surface area (Å²) in [6.45, 7) is 2.62. The fourth-order valence-electron chi connectivity index (χ4n) is 5.00. The van der Waals surface area contributed by atoms with Gasteiger partial charge < -0.3 is 23.6 Å². The summed E-state index contributed by atoms with van der Waals surface area (Å²) >= 11 is 5.81. The van der Waals surface area contributed by atoms with Crippen molar-refractivity contribution in [2.75, 3.05) is 13.1 Å². The molecule has 0 aliphatic carbocycles. The van der Waals surface area contributed by atoms with E-state index in [1.54, 1.807) is 48.8 Å². The largest absolute Gasteiger partial charge is 0.490 e. The average molecular weight is 592 g/mol. The number of imidazole rings is 1. The van der Waals surface area contributed by atoms with Gasteiger partial charge in [0.25, 0.3) is 0 Å². The maximum atomic E-state index is 14.0. The summed E-state index contributed by atoms with van der Waals surface area (Å²) in [7, 11) is 0. The van der Waals surface area contributed by atoms with E-state index in [4.69, 9.17) is 30.5 Å². The number of aromatic nitrogens is 4. The first kappa shape index (κ1) is 27.7. The molecule has 3 aromatic heterocycles. The molecular weight excluding hydrogens is 565 g/mol. The summed E-state index contributed by atoms with van der Waals surface area (Å²) < 4.78 is 33.3. The molecule has 1 aliphatic rings. The fourth-order valence-corrected chi connectivity index (χ4v) is 5.16. The van der Waals surface area contributed by atoms with Gasteiger partial charge in [0.1, 0.15) is 37.1 Å². The van der Waals surface area contributed by atoms with E-state index in [2.05, 4.69) is 14.9 Å². The molecule has 10 nitrogen and oxygen atoms in total. The van der Waals surface area contributed by atoms with Crippen LogP contribution in [0.2, 0.25) is 5.02 Å². The second-order valence-corrected chi connectivity index (χ2v) is 10.4. The maximum Gasteiger partial charge on any atom is 0.335 e. The van der Waals surface area contributed by atoms with Crippen molar-refractivity contribution in [3.05, 3.63) is 101 Å². The van der Waals surface area contributed by atoms with Gasteiger partial charge in [0.2, 0.25) is 5.89 Å². The van der Waals surface area contributed by atoms with E-state index in [1.807, 2.05) is 4.57 Å². The number of pyridine rings is 1. The Balaban J connectivity index is 1.08. The zero-order chi connectivity index (χ0) is 29.1. The Hall–Kier alpha value is -4.48. The van der Waals surface area contributed by atoms with E-state index in [0.717, 1.165) is 42.8 Å². The minimum absolute atomic E-state index is 0.0235. The topological polar surface area (TPSA) is 116 Å². The lowest BCUT2D eigenvalue weighted by molar-refractivity contribution is 0.0697. The number of fused-ring (bicyclic) bond motifs is 1. The number of rotatable bonds is 10. The molecule has 0 spiro atoms. The highest BCUT2D eigenvalue weighted by Crippen LogP contribution is 2.25. The minimum atomic E-state index is -0.992. The van der Waals surface area contributed by atoms with Crippen LogP contribution in [0.1, 0.15) is 40.6 Å². The van der Waals surface area contributed by atoms with Crippen molar-refractivity contribution < 1.29 is 28.2 Å². The van der Waals surface area contributed by atoms with Crippen molar-refractivity contribution in [1.29, 1.82) is 0 Å². The van der Waals surface area contributed by atoms with Gasteiger partial charge in [-0.25, -0.2) is 19.2 Å². The molecule has 1 saturated heterocycles. The van der Waals surface area contributed by atoms with E-state index in [0.29, 0.717) is 35.4 Å². The highest BCUT2D eigenvalue weighted by Gasteiger charge is 2.24. The van der Waals surface area contributed by atoms with Crippen molar-refractivity contribution in [2.24, 2.45) is 0 Å². The molecule has 2 aromatic carbocycles. The second-order valence-electron chi connectivity index (χ2n) is 9.99. The number of aromatic carboxylic acids is 1. The van der Waals surface area contributed by atoms with Gasteiger partial charge in [0.05, 0.1) is 35.0 Å². The van der Waals surface area contributed by atoms with Crippen LogP contribution in [0.25, 0.3) is 11.0 Å². The smallest absolute Gasteiger partial charge is 0.335 e. The minimum Gasteiger partial charge on any atom is -0.490 e. The number of ether oxygens (including phenoxy) is 2. The van der Waals surface area contributed by atoms with Crippen LogP contribution in [-0.2, 0) is 19.7 Å². The zero-order valence-corrected chi connectivity index (χ0v) is 23.2. The highest BCUT2D eigenvalue weighted by molar-refractivity contribution is 6.30. The van der Waals surface area contributed by atoms with E-state index >= 15 is 0 Å². The number of benzene rings is 2. The lowest BCUT2D eigenvalue weighted by atomic mass is 10.1. The maximum absolute atomic E-state index is 14.0. The van der Waals surface area contributed by atoms with E-state index in [9.17, 15) is 14.3 Å². The van der Waals surface area contributed by atoms with E-state index in [1.165, 1.54) is 18.4 Å². The molecule has 216 valence electrons. The number of piperidine rings is 1. The molecule has 4 heterocycles. The van der Waals surface area contributed by atoms with Gasteiger partial charge in [-0.15, -0.1) is 0 Å². The number of carbonyl (C=O) groups is 1. The van der Waals surface area contributed by atoms with Gasteiger partial charge >= 0.3 is 5.97 Å². The second kappa shape index (κ2) is 12.2. The Morgan fingerprint density at radius 2 is 1.93 bits per heavy atom. The molecule has 0 unspecified atom stereocenters. The molecule has 0 saturated carbocycles. The standard InChI is InChI=1S/C30H27ClFN5O5/c31-20-2-4-27(24(32)14-20)41-18-21-15-23(5-8-33-21)42-22-6-10-36(11-7-22)16-28-35-25-3-1-19(30(38)39)13-26(25)37(28)17-29-34-9-12-40-29/h1-5,8-9,12-15,22H,6-7,10-11,16-18H2,(H,38,39). The fraction of sp³-hybridized carbons (Fsp3) is 0.267. The summed E-state index contributed by atoms with van der Waals surface area (Å²) in [5, 5.41) is 9.79. The first-order valence-electron chi connectivity index (χ1n) is 13.4. The molecule has 0 radical (unpaired) electrons. The lowest BCUT2D eigenvalue weighted by Gasteiger charge is -2.32. The Bertz CT molecular complexity index is 1700. The normalized spacial score (nSPS) is 14.3. The van der Waals surface area contributed by atoms with Crippen LogP contribution in [-0.4, -0.2) is 54.7 Å². The first-order valence-corrected chi connectivity index (χ1v) is 13.8. The highest BCUT2D eigenvalue weighted by atomic mass is 35.5. The van der Waals surface area contributed by atoms with Crippen LogP contribution < -0.4 is 9.47 Å². The van der Waals surface area contributed by atoms with Crippen LogP contribution in [0.5, 0.6) is 11.5 Å². The van der Waals surface area contributed by atoms with Crippen molar-refractivity contribution >= 4 is 28.6 Å². The van der Waals surface area contributed by atoms with Crippen molar-refractivity contribution in [2.45, 2.75) is 38.6 Å². The van der Waals surface area contributed by atoms with Gasteiger partial charge in [-0.2, -0.15) is 0 Å². The van der Waals surface area contributed by atoms with E-state index in [-0.39, 0.29) is 24.0 Å². The number of oxazole rings is 1. The van der Waals surface area contributed by atoms with Gasteiger partial charge in [-0.05, 0) is 55.3 Å². The van der Waals surface area contributed by atoms with Crippen LogP contribution >= 0.6 is 11.6 Å². The molecule has 0 atom stereocenters. The molecule has 0 bridgehead atoms. The molecule has 6 rings (SSSR count). The third kappa shape index (κ3) is 6.37. The van der Waals surface area contributed by atoms with Crippen LogP contribution in [0, 0.1) is 5.82 Å². The summed E-state index contributed by atoms with van der Waals surface area (Å²) in [4.78, 5) is 27.2. The monoisotopic (exact) mass is 591 g/mol. The lowest BCUT2D eigenvalue weighted by Crippen LogP contribution is -2.38. The number of carboxylic acid groups (broad SMARTS) is 1. The SMILES string of the molecule is O=C(O)c1ccc2nc(CN3CCC(Oc4ccnc(COc5ccc(Cl)cc5F)c4)CC3)n(Cc3ncco3)c2c1. The zero-order valence-electron chi connectivity index (χ0n) is 22.5.